The molecule has 1 rings (SSSR count). The second-order valence-corrected chi connectivity index (χ2v) is 4.58. The van der Waals surface area contributed by atoms with E-state index in [1.165, 1.54) is 0 Å². The molecule has 0 bridgehead atoms. The van der Waals surface area contributed by atoms with Gasteiger partial charge in [-0.3, -0.25) is 0 Å². The van der Waals surface area contributed by atoms with E-state index in [-0.39, 0.29) is 6.10 Å². The number of anilines is 2. The van der Waals surface area contributed by atoms with E-state index in [2.05, 4.69) is 27.5 Å². The minimum atomic E-state index is -0.293. The fourth-order valence-corrected chi connectivity index (χ4v) is 1.62. The van der Waals surface area contributed by atoms with Crippen molar-refractivity contribution < 1.29 is 5.11 Å². The van der Waals surface area contributed by atoms with Gasteiger partial charge in [-0.1, -0.05) is 6.92 Å². The number of nitrogens with zero attached hydrogens (tertiary/aromatic N) is 2. The van der Waals surface area contributed by atoms with Gasteiger partial charge in [-0.15, -0.1) is 0 Å². The highest BCUT2D eigenvalue weighted by molar-refractivity contribution is 5.57. The number of hydrogen-bond acceptors (Lipinski definition) is 5. The first-order chi connectivity index (χ1) is 8.54. The lowest BCUT2D eigenvalue weighted by Crippen LogP contribution is -2.14. The van der Waals surface area contributed by atoms with Crippen LogP contribution in [-0.4, -0.2) is 34.3 Å². The highest BCUT2D eigenvalue weighted by atomic mass is 16.3. The first-order valence-electron chi connectivity index (χ1n) is 6.55. The van der Waals surface area contributed by atoms with Crippen LogP contribution in [-0.2, 0) is 0 Å². The van der Waals surface area contributed by atoms with E-state index >= 15 is 0 Å². The summed E-state index contributed by atoms with van der Waals surface area (Å²) >= 11 is 0. The molecule has 5 heteroatoms. The zero-order valence-electron chi connectivity index (χ0n) is 11.7. The van der Waals surface area contributed by atoms with Gasteiger partial charge in [0.25, 0.3) is 0 Å². The number of aromatic nitrogens is 2. The molecule has 0 aliphatic heterocycles. The Hall–Kier alpha value is -1.36. The minimum Gasteiger partial charge on any atom is -0.393 e. The maximum absolute atomic E-state index is 9.24. The van der Waals surface area contributed by atoms with Crippen molar-refractivity contribution in [2.45, 2.75) is 46.6 Å². The van der Waals surface area contributed by atoms with Crippen molar-refractivity contribution in [2.24, 2.45) is 0 Å². The molecule has 1 atom stereocenters. The van der Waals surface area contributed by atoms with Gasteiger partial charge >= 0.3 is 0 Å². The lowest BCUT2D eigenvalue weighted by atomic mass is 10.2. The summed E-state index contributed by atoms with van der Waals surface area (Å²) in [5, 5.41) is 15.8. The fourth-order valence-electron chi connectivity index (χ4n) is 1.62. The predicted molar refractivity (Wildman–Crippen MR) is 75.1 cm³/mol. The summed E-state index contributed by atoms with van der Waals surface area (Å²) in [4.78, 5) is 8.80. The molecule has 1 heterocycles. The van der Waals surface area contributed by atoms with Crippen molar-refractivity contribution in [1.82, 2.24) is 9.97 Å². The summed E-state index contributed by atoms with van der Waals surface area (Å²) in [7, 11) is 0. The Kier molecular flexibility index (Phi) is 5.85. The third kappa shape index (κ3) is 4.49. The molecule has 0 saturated carbocycles. The average Bonchev–Trinajstić information content (AvgIpc) is 2.30. The van der Waals surface area contributed by atoms with Crippen LogP contribution in [0, 0.1) is 13.8 Å². The van der Waals surface area contributed by atoms with Gasteiger partial charge < -0.3 is 15.7 Å². The van der Waals surface area contributed by atoms with Gasteiger partial charge in [-0.2, -0.15) is 0 Å². The highest BCUT2D eigenvalue weighted by Gasteiger charge is 2.08. The van der Waals surface area contributed by atoms with E-state index < -0.39 is 0 Å². The Morgan fingerprint density at radius 3 is 2.17 bits per heavy atom. The molecular weight excluding hydrogens is 228 g/mol. The molecule has 0 aromatic carbocycles. The topological polar surface area (TPSA) is 70.1 Å². The molecule has 1 aromatic heterocycles. The summed E-state index contributed by atoms with van der Waals surface area (Å²) in [5.74, 6) is 2.49. The zero-order chi connectivity index (χ0) is 13.5. The standard InChI is InChI=1S/C13H24N4O/c1-5-7-14-12-10(3)13(17-11(4)16-12)15-8-6-9(2)18/h9,18H,5-8H2,1-4H3,(H2,14,15,16,17). The second kappa shape index (κ2) is 7.16. The van der Waals surface area contributed by atoms with Crippen LogP contribution in [0.3, 0.4) is 0 Å². The van der Waals surface area contributed by atoms with Gasteiger partial charge in [0.05, 0.1) is 6.10 Å². The smallest absolute Gasteiger partial charge is 0.134 e. The van der Waals surface area contributed by atoms with Crippen LogP contribution in [0.1, 0.15) is 38.1 Å². The lowest BCUT2D eigenvalue weighted by Gasteiger charge is -2.14. The Bertz CT molecular complexity index is 379. The van der Waals surface area contributed by atoms with Crippen LogP contribution in [0.2, 0.25) is 0 Å². The molecule has 0 amide bonds. The Labute approximate surface area is 109 Å². The maximum atomic E-state index is 9.24. The second-order valence-electron chi connectivity index (χ2n) is 4.58. The summed E-state index contributed by atoms with van der Waals surface area (Å²) in [6.45, 7) is 9.41. The molecule has 0 aliphatic carbocycles. The van der Waals surface area contributed by atoms with Crippen molar-refractivity contribution in [3.8, 4) is 0 Å². The van der Waals surface area contributed by atoms with E-state index in [0.717, 1.165) is 36.0 Å². The third-order valence-corrected chi connectivity index (χ3v) is 2.65. The fraction of sp³-hybridized carbons (Fsp3) is 0.692. The number of aryl methyl sites for hydroxylation is 1. The lowest BCUT2D eigenvalue weighted by molar-refractivity contribution is 0.188. The normalized spacial score (nSPS) is 12.3. The van der Waals surface area contributed by atoms with Crippen molar-refractivity contribution >= 4 is 11.6 Å². The summed E-state index contributed by atoms with van der Waals surface area (Å²) in [6.07, 6.45) is 1.48. The Morgan fingerprint density at radius 1 is 1.11 bits per heavy atom. The van der Waals surface area contributed by atoms with Crippen molar-refractivity contribution in [3.63, 3.8) is 0 Å². The molecule has 0 spiro atoms. The highest BCUT2D eigenvalue weighted by Crippen LogP contribution is 2.19. The van der Waals surface area contributed by atoms with Crippen molar-refractivity contribution in [3.05, 3.63) is 11.4 Å². The van der Waals surface area contributed by atoms with Crippen LogP contribution >= 0.6 is 0 Å². The first kappa shape index (κ1) is 14.7. The van der Waals surface area contributed by atoms with Crippen molar-refractivity contribution in [1.29, 1.82) is 0 Å². The molecule has 102 valence electrons. The summed E-state index contributed by atoms with van der Waals surface area (Å²) in [6, 6.07) is 0. The number of rotatable bonds is 7. The van der Waals surface area contributed by atoms with Gasteiger partial charge in [-0.25, -0.2) is 9.97 Å². The number of aliphatic hydroxyl groups excluding tert-OH is 1. The van der Waals surface area contributed by atoms with E-state index in [1.807, 2.05) is 13.8 Å². The van der Waals surface area contributed by atoms with Crippen LogP contribution in [0.15, 0.2) is 0 Å². The number of nitrogens with one attached hydrogen (secondary N) is 2. The zero-order valence-corrected chi connectivity index (χ0v) is 11.7. The van der Waals surface area contributed by atoms with Crippen molar-refractivity contribution in [2.75, 3.05) is 23.7 Å². The SMILES string of the molecule is CCCNc1nc(C)nc(NCCC(C)O)c1C. The summed E-state index contributed by atoms with van der Waals surface area (Å²) in [5.41, 5.74) is 1.03. The quantitative estimate of drug-likeness (QED) is 0.693. The maximum Gasteiger partial charge on any atom is 0.134 e. The molecule has 0 saturated heterocycles. The van der Waals surface area contributed by atoms with E-state index in [1.54, 1.807) is 6.92 Å². The van der Waals surface area contributed by atoms with Gasteiger partial charge in [0.15, 0.2) is 0 Å². The molecule has 5 nitrogen and oxygen atoms in total. The molecule has 18 heavy (non-hydrogen) atoms. The Balaban J connectivity index is 2.74. The van der Waals surface area contributed by atoms with Gasteiger partial charge in [0, 0.05) is 18.7 Å². The monoisotopic (exact) mass is 252 g/mol. The van der Waals surface area contributed by atoms with E-state index in [9.17, 15) is 5.11 Å². The third-order valence-electron chi connectivity index (χ3n) is 2.65. The van der Waals surface area contributed by atoms with Gasteiger partial charge in [-0.05, 0) is 33.6 Å². The molecule has 1 aromatic rings. The average molecular weight is 252 g/mol. The number of aliphatic hydroxyl groups is 1. The Morgan fingerprint density at radius 2 is 1.67 bits per heavy atom. The van der Waals surface area contributed by atoms with Crippen LogP contribution in [0.4, 0.5) is 11.6 Å². The van der Waals surface area contributed by atoms with Crippen LogP contribution in [0.5, 0.6) is 0 Å². The van der Waals surface area contributed by atoms with Crippen LogP contribution in [0.25, 0.3) is 0 Å². The van der Waals surface area contributed by atoms with Gasteiger partial charge in [0.1, 0.15) is 17.5 Å². The molecule has 0 radical (unpaired) electrons. The van der Waals surface area contributed by atoms with E-state index in [4.69, 9.17) is 0 Å². The largest absolute Gasteiger partial charge is 0.393 e. The van der Waals surface area contributed by atoms with Gasteiger partial charge in [0.2, 0.25) is 0 Å². The molecule has 3 N–H and O–H groups in total. The first-order valence-corrected chi connectivity index (χ1v) is 6.55. The molecule has 0 aliphatic rings. The van der Waals surface area contributed by atoms with Crippen LogP contribution < -0.4 is 10.6 Å². The molecule has 0 fully saturated rings. The number of hydrogen-bond donors (Lipinski definition) is 3. The van der Waals surface area contributed by atoms with E-state index in [0.29, 0.717) is 13.0 Å². The summed E-state index contributed by atoms with van der Waals surface area (Å²) < 4.78 is 0. The molecule has 1 unspecified atom stereocenters. The minimum absolute atomic E-state index is 0.293. The predicted octanol–water partition coefficient (Wildman–Crippen LogP) is 2.10. The molecular formula is C13H24N4O.